The van der Waals surface area contributed by atoms with E-state index >= 15 is 0 Å². The Hall–Kier alpha value is -2.63. The summed E-state index contributed by atoms with van der Waals surface area (Å²) in [6, 6.07) is 20.0. The lowest BCUT2D eigenvalue weighted by atomic mass is 10.2. The Bertz CT molecular complexity index is 946. The normalized spacial score (nSPS) is 10.9. The maximum absolute atomic E-state index is 5.99. The van der Waals surface area contributed by atoms with E-state index < -0.39 is 0 Å². The molecule has 4 nitrogen and oxygen atoms in total. The van der Waals surface area contributed by atoms with Gasteiger partial charge in [-0.05, 0) is 62.0 Å². The van der Waals surface area contributed by atoms with Crippen LogP contribution in [0.2, 0.25) is 5.02 Å². The van der Waals surface area contributed by atoms with Gasteiger partial charge in [-0.3, -0.25) is 5.43 Å². The molecule has 138 valence electrons. The van der Waals surface area contributed by atoms with E-state index in [-0.39, 0.29) is 0 Å². The molecule has 0 amide bonds. The molecule has 2 N–H and O–H groups in total. The third kappa shape index (κ3) is 4.96. The van der Waals surface area contributed by atoms with Gasteiger partial charge in [0.15, 0.2) is 5.11 Å². The van der Waals surface area contributed by atoms with Crippen molar-refractivity contribution in [3.63, 3.8) is 0 Å². The molecule has 0 spiro atoms. The molecule has 0 unspecified atom stereocenters. The number of thiocarbonyl (C=S) groups is 1. The van der Waals surface area contributed by atoms with E-state index in [0.717, 1.165) is 33.2 Å². The van der Waals surface area contributed by atoms with Gasteiger partial charge in [0.2, 0.25) is 0 Å². The highest BCUT2D eigenvalue weighted by Gasteiger charge is 2.09. The zero-order valence-corrected chi connectivity index (χ0v) is 16.8. The van der Waals surface area contributed by atoms with Crippen LogP contribution in [0.3, 0.4) is 0 Å². The van der Waals surface area contributed by atoms with E-state index in [9.17, 15) is 0 Å². The van der Waals surface area contributed by atoms with E-state index in [2.05, 4.69) is 40.3 Å². The van der Waals surface area contributed by atoms with Crippen LogP contribution in [-0.2, 0) is 6.54 Å². The van der Waals surface area contributed by atoms with E-state index in [0.29, 0.717) is 11.7 Å². The van der Waals surface area contributed by atoms with E-state index in [1.165, 1.54) is 0 Å². The van der Waals surface area contributed by atoms with Gasteiger partial charge in [0.1, 0.15) is 0 Å². The number of benzene rings is 2. The van der Waals surface area contributed by atoms with Crippen molar-refractivity contribution >= 4 is 35.1 Å². The number of nitrogens with one attached hydrogen (secondary N) is 2. The van der Waals surface area contributed by atoms with Crippen LogP contribution >= 0.6 is 23.8 Å². The van der Waals surface area contributed by atoms with Crippen molar-refractivity contribution < 1.29 is 0 Å². The molecule has 3 aromatic rings. The number of nitrogens with zero attached hydrogens (tertiary/aromatic N) is 2. The number of halogens is 1. The molecule has 0 radical (unpaired) electrons. The zero-order valence-electron chi connectivity index (χ0n) is 15.2. The van der Waals surface area contributed by atoms with Gasteiger partial charge in [-0.1, -0.05) is 41.9 Å². The molecule has 0 fully saturated rings. The Morgan fingerprint density at radius 1 is 1.11 bits per heavy atom. The second-order valence-electron chi connectivity index (χ2n) is 6.18. The molecule has 0 aliphatic heterocycles. The molecular weight excluding hydrogens is 376 g/mol. The number of aryl methyl sites for hydroxylation is 1. The topological polar surface area (TPSA) is 41.4 Å². The predicted molar refractivity (Wildman–Crippen MR) is 117 cm³/mol. The summed E-state index contributed by atoms with van der Waals surface area (Å²) >= 11 is 11.3. The molecule has 3 rings (SSSR count). The zero-order chi connectivity index (χ0) is 19.2. The van der Waals surface area contributed by atoms with Gasteiger partial charge >= 0.3 is 0 Å². The number of hydrogen-bond donors (Lipinski definition) is 2. The first kappa shape index (κ1) is 19.1. The van der Waals surface area contributed by atoms with Gasteiger partial charge in [0.25, 0.3) is 0 Å². The lowest BCUT2D eigenvalue weighted by Crippen LogP contribution is -2.31. The van der Waals surface area contributed by atoms with Gasteiger partial charge < -0.3 is 9.88 Å². The van der Waals surface area contributed by atoms with Gasteiger partial charge in [-0.15, -0.1) is 0 Å². The van der Waals surface area contributed by atoms with Crippen LogP contribution in [-0.4, -0.2) is 15.9 Å². The Labute approximate surface area is 169 Å². The Morgan fingerprint density at radius 3 is 2.52 bits per heavy atom. The molecule has 2 aromatic carbocycles. The van der Waals surface area contributed by atoms with Gasteiger partial charge in [0, 0.05) is 34.2 Å². The molecule has 27 heavy (non-hydrogen) atoms. The van der Waals surface area contributed by atoms with Crippen LogP contribution in [0.5, 0.6) is 0 Å². The quantitative estimate of drug-likeness (QED) is 0.371. The molecule has 1 heterocycles. The second kappa shape index (κ2) is 8.84. The van der Waals surface area contributed by atoms with Crippen LogP contribution in [0.4, 0.5) is 0 Å². The fraction of sp³-hybridized carbons (Fsp3) is 0.143. The molecule has 0 saturated carbocycles. The summed E-state index contributed by atoms with van der Waals surface area (Å²) in [6.07, 6.45) is 1.78. The van der Waals surface area contributed by atoms with Crippen molar-refractivity contribution in [2.24, 2.45) is 5.10 Å². The fourth-order valence-electron chi connectivity index (χ4n) is 2.88. The van der Waals surface area contributed by atoms with Gasteiger partial charge in [-0.25, -0.2) is 0 Å². The average molecular weight is 397 g/mol. The van der Waals surface area contributed by atoms with Crippen LogP contribution in [0, 0.1) is 13.8 Å². The Morgan fingerprint density at radius 2 is 1.81 bits per heavy atom. The predicted octanol–water partition coefficient (Wildman–Crippen LogP) is 4.75. The van der Waals surface area contributed by atoms with E-state index in [4.69, 9.17) is 23.8 Å². The molecule has 0 bridgehead atoms. The maximum Gasteiger partial charge on any atom is 0.187 e. The summed E-state index contributed by atoms with van der Waals surface area (Å²) in [4.78, 5) is 0. The van der Waals surface area contributed by atoms with Crippen LogP contribution in [0.25, 0.3) is 5.69 Å². The smallest absolute Gasteiger partial charge is 0.187 e. The number of hydrazone groups is 1. The number of rotatable bonds is 5. The first-order valence-corrected chi connectivity index (χ1v) is 9.39. The maximum atomic E-state index is 5.99. The summed E-state index contributed by atoms with van der Waals surface area (Å²) in [6.45, 7) is 4.79. The molecule has 1 aromatic heterocycles. The van der Waals surface area contributed by atoms with Crippen molar-refractivity contribution in [1.82, 2.24) is 15.3 Å². The number of aromatic nitrogens is 1. The highest BCUT2D eigenvalue weighted by molar-refractivity contribution is 7.80. The fourth-order valence-corrected chi connectivity index (χ4v) is 3.13. The van der Waals surface area contributed by atoms with Crippen molar-refractivity contribution in [3.8, 4) is 5.69 Å². The van der Waals surface area contributed by atoms with E-state index in [1.807, 2.05) is 54.6 Å². The average Bonchev–Trinajstić information content (AvgIpc) is 2.95. The van der Waals surface area contributed by atoms with Gasteiger partial charge in [0.05, 0.1) is 6.21 Å². The summed E-state index contributed by atoms with van der Waals surface area (Å²) in [5, 5.41) is 8.61. The second-order valence-corrected chi connectivity index (χ2v) is 7.02. The summed E-state index contributed by atoms with van der Waals surface area (Å²) < 4.78 is 2.17. The van der Waals surface area contributed by atoms with Crippen molar-refractivity contribution in [2.75, 3.05) is 0 Å². The van der Waals surface area contributed by atoms with Crippen LogP contribution in [0.1, 0.15) is 22.5 Å². The molecule has 0 aliphatic carbocycles. The number of hydrogen-bond acceptors (Lipinski definition) is 2. The lowest BCUT2D eigenvalue weighted by molar-refractivity contribution is 0.868. The highest BCUT2D eigenvalue weighted by Crippen LogP contribution is 2.21. The minimum Gasteiger partial charge on any atom is -0.357 e. The van der Waals surface area contributed by atoms with E-state index in [1.54, 1.807) is 6.21 Å². The monoisotopic (exact) mass is 396 g/mol. The standard InChI is InChI=1S/C21H21ClN4S/c1-15-12-18(16(2)26(15)20-10-8-19(22)9-11-20)14-24-25-21(27)23-13-17-6-4-3-5-7-17/h3-12,14H,13H2,1-2H3,(H2,23,25,27)/b24-14-. The molecule has 0 saturated heterocycles. The van der Waals surface area contributed by atoms with Crippen molar-refractivity contribution in [2.45, 2.75) is 20.4 Å². The Kier molecular flexibility index (Phi) is 6.27. The Balaban J connectivity index is 1.63. The minimum absolute atomic E-state index is 0.488. The summed E-state index contributed by atoms with van der Waals surface area (Å²) in [7, 11) is 0. The third-order valence-electron chi connectivity index (χ3n) is 4.22. The molecular formula is C21H21ClN4S. The third-order valence-corrected chi connectivity index (χ3v) is 4.71. The largest absolute Gasteiger partial charge is 0.357 e. The minimum atomic E-state index is 0.488. The van der Waals surface area contributed by atoms with Crippen LogP contribution < -0.4 is 10.7 Å². The summed E-state index contributed by atoms with van der Waals surface area (Å²) in [5.74, 6) is 0. The SMILES string of the molecule is Cc1cc(/C=N\NC(=S)NCc2ccccc2)c(C)n1-c1ccc(Cl)cc1. The first-order valence-electron chi connectivity index (χ1n) is 8.60. The summed E-state index contributed by atoms with van der Waals surface area (Å²) in [5.41, 5.74) is 8.36. The van der Waals surface area contributed by atoms with Crippen molar-refractivity contribution in [3.05, 3.63) is 88.2 Å². The molecule has 0 atom stereocenters. The highest BCUT2D eigenvalue weighted by atomic mass is 35.5. The first-order chi connectivity index (χ1) is 13.0. The van der Waals surface area contributed by atoms with Gasteiger partial charge in [-0.2, -0.15) is 5.10 Å². The molecule has 6 heteroatoms. The van der Waals surface area contributed by atoms with Crippen LogP contribution in [0.15, 0.2) is 65.8 Å². The lowest BCUT2D eigenvalue weighted by Gasteiger charge is -2.09. The molecule has 0 aliphatic rings. The van der Waals surface area contributed by atoms with Crippen molar-refractivity contribution in [1.29, 1.82) is 0 Å².